The number of rotatable bonds is 4. The molecule has 4 aromatic rings. The SMILES string of the molecule is COc1cc(F)c(-c2c(C)nn(C)c2-n2cnc3cc([N+](=O)[O-])ccc32)c(F)c1. The van der Waals surface area contributed by atoms with E-state index in [0.717, 1.165) is 12.1 Å². The van der Waals surface area contributed by atoms with Crippen LogP contribution in [0.5, 0.6) is 5.75 Å². The van der Waals surface area contributed by atoms with E-state index in [-0.39, 0.29) is 22.6 Å². The minimum absolute atomic E-state index is 0.0623. The number of imidazole rings is 1. The second-order valence-electron chi connectivity index (χ2n) is 6.42. The van der Waals surface area contributed by atoms with Crippen LogP contribution in [0.1, 0.15) is 5.69 Å². The second kappa shape index (κ2) is 6.66. The summed E-state index contributed by atoms with van der Waals surface area (Å²) < 4.78 is 37.6. The molecule has 2 heterocycles. The maximum atomic E-state index is 14.8. The lowest BCUT2D eigenvalue weighted by Gasteiger charge is -2.12. The third-order valence-corrected chi connectivity index (χ3v) is 4.66. The number of hydrogen-bond acceptors (Lipinski definition) is 5. The molecule has 10 heteroatoms. The van der Waals surface area contributed by atoms with Crippen molar-refractivity contribution in [3.05, 3.63) is 64.1 Å². The van der Waals surface area contributed by atoms with Gasteiger partial charge < -0.3 is 4.74 Å². The molecule has 0 radical (unpaired) electrons. The van der Waals surface area contributed by atoms with Crippen molar-refractivity contribution in [1.29, 1.82) is 0 Å². The number of nitrogens with zero attached hydrogens (tertiary/aromatic N) is 5. The summed E-state index contributed by atoms with van der Waals surface area (Å²) in [4.78, 5) is 14.7. The van der Waals surface area contributed by atoms with E-state index in [9.17, 15) is 18.9 Å². The molecule has 0 spiro atoms. The molecule has 4 rings (SSSR count). The van der Waals surface area contributed by atoms with Crippen LogP contribution in [-0.2, 0) is 7.05 Å². The van der Waals surface area contributed by atoms with Gasteiger partial charge in [0.15, 0.2) is 0 Å². The zero-order valence-electron chi connectivity index (χ0n) is 15.7. The summed E-state index contributed by atoms with van der Waals surface area (Å²) in [6.07, 6.45) is 1.44. The predicted octanol–water partition coefficient (Wildman–Crippen LogP) is 3.93. The topological polar surface area (TPSA) is 88.0 Å². The van der Waals surface area contributed by atoms with Crippen LogP contribution in [0.15, 0.2) is 36.7 Å². The molecule has 148 valence electrons. The highest BCUT2D eigenvalue weighted by atomic mass is 19.1. The first-order valence-corrected chi connectivity index (χ1v) is 8.50. The molecule has 0 amide bonds. The zero-order valence-corrected chi connectivity index (χ0v) is 15.7. The molecule has 2 aromatic carbocycles. The van der Waals surface area contributed by atoms with Crippen LogP contribution in [-0.4, -0.2) is 31.4 Å². The molecule has 0 N–H and O–H groups in total. The highest BCUT2D eigenvalue weighted by Crippen LogP contribution is 2.37. The zero-order chi connectivity index (χ0) is 20.9. The molecule has 0 bridgehead atoms. The van der Waals surface area contributed by atoms with Gasteiger partial charge in [0.05, 0.1) is 39.9 Å². The van der Waals surface area contributed by atoms with Gasteiger partial charge in [0.2, 0.25) is 0 Å². The summed E-state index contributed by atoms with van der Waals surface area (Å²) in [5.74, 6) is -1.15. The van der Waals surface area contributed by atoms with Crippen molar-refractivity contribution < 1.29 is 18.4 Å². The Kier molecular flexibility index (Phi) is 4.26. The maximum Gasteiger partial charge on any atom is 0.271 e. The Bertz CT molecular complexity index is 1260. The Morgan fingerprint density at radius 2 is 1.83 bits per heavy atom. The Labute approximate surface area is 163 Å². The first-order chi connectivity index (χ1) is 13.8. The van der Waals surface area contributed by atoms with E-state index < -0.39 is 16.6 Å². The number of nitro groups is 1. The molecular weight excluding hydrogens is 384 g/mol. The fourth-order valence-electron chi connectivity index (χ4n) is 3.41. The van der Waals surface area contributed by atoms with Gasteiger partial charge in [-0.25, -0.2) is 13.8 Å². The second-order valence-corrected chi connectivity index (χ2v) is 6.42. The number of nitro benzene ring substituents is 1. The number of ether oxygens (including phenoxy) is 1. The summed E-state index contributed by atoms with van der Waals surface area (Å²) >= 11 is 0. The van der Waals surface area contributed by atoms with Crippen molar-refractivity contribution in [2.45, 2.75) is 6.92 Å². The normalized spacial score (nSPS) is 11.2. The lowest BCUT2D eigenvalue weighted by Crippen LogP contribution is -2.04. The predicted molar refractivity (Wildman–Crippen MR) is 101 cm³/mol. The number of methoxy groups -OCH3 is 1. The number of halogens is 2. The van der Waals surface area contributed by atoms with E-state index in [2.05, 4.69) is 10.1 Å². The van der Waals surface area contributed by atoms with Crippen LogP contribution < -0.4 is 4.74 Å². The Hall–Kier alpha value is -3.82. The van der Waals surface area contributed by atoms with Crippen LogP contribution >= 0.6 is 0 Å². The summed E-state index contributed by atoms with van der Waals surface area (Å²) in [7, 11) is 2.97. The van der Waals surface area contributed by atoms with E-state index in [4.69, 9.17) is 4.74 Å². The number of benzene rings is 2. The lowest BCUT2D eigenvalue weighted by atomic mass is 10.0. The fourth-order valence-corrected chi connectivity index (χ4v) is 3.41. The number of fused-ring (bicyclic) bond motifs is 1. The molecule has 0 saturated heterocycles. The monoisotopic (exact) mass is 399 g/mol. The third kappa shape index (κ3) is 2.89. The molecular formula is C19H15F2N5O3. The van der Waals surface area contributed by atoms with Crippen molar-refractivity contribution in [2.24, 2.45) is 7.05 Å². The van der Waals surface area contributed by atoms with Gasteiger partial charge in [-0.05, 0) is 13.0 Å². The Morgan fingerprint density at radius 1 is 1.14 bits per heavy atom. The number of aryl methyl sites for hydroxylation is 2. The quantitative estimate of drug-likeness (QED) is 0.383. The average Bonchev–Trinajstić information content (AvgIpc) is 3.20. The summed E-state index contributed by atoms with van der Waals surface area (Å²) in [5.41, 5.74) is 1.23. The van der Waals surface area contributed by atoms with E-state index in [1.54, 1.807) is 18.5 Å². The first kappa shape index (κ1) is 18.5. The van der Waals surface area contributed by atoms with Gasteiger partial charge in [-0.3, -0.25) is 19.4 Å². The smallest absolute Gasteiger partial charge is 0.271 e. The molecule has 0 fully saturated rings. The van der Waals surface area contributed by atoms with Gasteiger partial charge in [-0.15, -0.1) is 0 Å². The molecule has 0 atom stereocenters. The van der Waals surface area contributed by atoms with Crippen molar-refractivity contribution in [3.63, 3.8) is 0 Å². The molecule has 0 saturated carbocycles. The van der Waals surface area contributed by atoms with Gasteiger partial charge >= 0.3 is 0 Å². The van der Waals surface area contributed by atoms with Crippen LogP contribution in [0, 0.1) is 28.7 Å². The highest BCUT2D eigenvalue weighted by Gasteiger charge is 2.25. The minimum atomic E-state index is -0.792. The van der Waals surface area contributed by atoms with E-state index in [1.807, 2.05) is 0 Å². The lowest BCUT2D eigenvalue weighted by molar-refractivity contribution is -0.384. The van der Waals surface area contributed by atoms with Crippen LogP contribution in [0.3, 0.4) is 0 Å². The molecule has 29 heavy (non-hydrogen) atoms. The highest BCUT2D eigenvalue weighted by molar-refractivity contribution is 5.83. The van der Waals surface area contributed by atoms with E-state index in [0.29, 0.717) is 22.5 Å². The summed E-state index contributed by atoms with van der Waals surface area (Å²) in [5, 5.41) is 15.3. The molecule has 8 nitrogen and oxygen atoms in total. The third-order valence-electron chi connectivity index (χ3n) is 4.66. The van der Waals surface area contributed by atoms with Crippen molar-refractivity contribution in [2.75, 3.05) is 7.11 Å². The van der Waals surface area contributed by atoms with Crippen molar-refractivity contribution in [3.8, 4) is 22.7 Å². The average molecular weight is 399 g/mol. The number of non-ortho nitro benzene ring substituents is 1. The van der Waals surface area contributed by atoms with E-state index >= 15 is 0 Å². The Balaban J connectivity index is 1.99. The molecule has 2 aromatic heterocycles. The summed E-state index contributed by atoms with van der Waals surface area (Å²) in [6.45, 7) is 1.64. The van der Waals surface area contributed by atoms with E-state index in [1.165, 1.54) is 36.3 Å². The summed E-state index contributed by atoms with van der Waals surface area (Å²) in [6, 6.07) is 6.42. The molecule has 0 unspecified atom stereocenters. The number of hydrogen-bond donors (Lipinski definition) is 0. The molecule has 0 aliphatic carbocycles. The molecule has 0 aliphatic rings. The standard InChI is InChI=1S/C19H15F2N5O3/c1-10-17(18-13(20)7-12(29-3)8-14(18)21)19(24(2)23-10)25-9-22-15-6-11(26(27)28)4-5-16(15)25/h4-9H,1-3H3. The first-order valence-electron chi connectivity index (χ1n) is 8.50. The van der Waals surface area contributed by atoms with Gasteiger partial charge in [0.25, 0.3) is 5.69 Å². The largest absolute Gasteiger partial charge is 0.497 e. The van der Waals surface area contributed by atoms with Crippen molar-refractivity contribution >= 4 is 16.7 Å². The maximum absolute atomic E-state index is 14.8. The van der Waals surface area contributed by atoms with Crippen molar-refractivity contribution in [1.82, 2.24) is 19.3 Å². The van der Waals surface area contributed by atoms with Gasteiger partial charge in [0, 0.05) is 31.3 Å². The van der Waals surface area contributed by atoms with Crippen LogP contribution in [0.4, 0.5) is 14.5 Å². The van der Waals surface area contributed by atoms with Crippen LogP contribution in [0.2, 0.25) is 0 Å². The minimum Gasteiger partial charge on any atom is -0.497 e. The fraction of sp³-hybridized carbons (Fsp3) is 0.158. The van der Waals surface area contributed by atoms with Crippen LogP contribution in [0.25, 0.3) is 28.0 Å². The van der Waals surface area contributed by atoms with Gasteiger partial charge in [-0.2, -0.15) is 5.10 Å². The van der Waals surface area contributed by atoms with Gasteiger partial charge in [-0.1, -0.05) is 0 Å². The molecule has 0 aliphatic heterocycles. The number of aromatic nitrogens is 4. The Morgan fingerprint density at radius 3 is 2.45 bits per heavy atom. The van der Waals surface area contributed by atoms with Gasteiger partial charge in [0.1, 0.15) is 29.5 Å².